The maximum absolute atomic E-state index is 13.6. The number of hydrogen-bond acceptors (Lipinski definition) is 18. The number of ether oxygens (including phenoxy) is 4. The Morgan fingerprint density at radius 3 is 1.37 bits per heavy atom. The zero-order valence-corrected chi connectivity index (χ0v) is 48.4. The fourth-order valence-corrected chi connectivity index (χ4v) is 13.2. The molecule has 6 fully saturated rings. The minimum absolute atomic E-state index is 0.0152. The fourth-order valence-electron chi connectivity index (χ4n) is 13.2. The third kappa shape index (κ3) is 12.2. The number of carbonyl (C=O) groups is 2. The van der Waals surface area contributed by atoms with E-state index in [4.69, 9.17) is 18.9 Å². The van der Waals surface area contributed by atoms with Gasteiger partial charge in [-0.15, -0.1) is 0 Å². The molecule has 0 spiro atoms. The molecule has 2 saturated carbocycles. The van der Waals surface area contributed by atoms with Gasteiger partial charge in [-0.2, -0.15) is 47.1 Å². The molecule has 0 aromatic carbocycles. The van der Waals surface area contributed by atoms with Crippen LogP contribution in [0.5, 0.6) is 11.8 Å². The van der Waals surface area contributed by atoms with Crippen LogP contribution in [0.4, 0.5) is 35.9 Å². The summed E-state index contributed by atoms with van der Waals surface area (Å²) in [6, 6.07) is 13.9. The highest BCUT2D eigenvalue weighted by Gasteiger charge is 2.51. The van der Waals surface area contributed by atoms with Gasteiger partial charge in [-0.1, -0.05) is 0 Å². The molecule has 8 aromatic rings. The molecule has 0 atom stereocenters. The lowest BCUT2D eigenvalue weighted by Crippen LogP contribution is -2.58. The van der Waals surface area contributed by atoms with Gasteiger partial charge in [0.1, 0.15) is 60.8 Å². The Bertz CT molecular complexity index is 3760. The molecular weight excluding hydrogens is 1180 g/mol. The van der Waals surface area contributed by atoms with Crippen molar-refractivity contribution in [3.05, 3.63) is 109 Å². The van der Waals surface area contributed by atoms with Crippen molar-refractivity contribution >= 4 is 34.3 Å². The Morgan fingerprint density at radius 1 is 0.589 bits per heavy atom. The molecule has 2 amide bonds. The molecule has 4 aliphatic heterocycles. The third-order valence-corrected chi connectivity index (χ3v) is 18.0. The monoisotopic (exact) mass is 1240 g/mol. The largest absolute Gasteiger partial charge is 0.474 e. The highest BCUT2D eigenvalue weighted by atomic mass is 19.4. The van der Waals surface area contributed by atoms with Crippen molar-refractivity contribution < 1.29 is 54.9 Å². The Labute approximate surface area is 509 Å². The maximum Gasteiger partial charge on any atom is 0.433 e. The van der Waals surface area contributed by atoms with E-state index < -0.39 is 47.0 Å². The van der Waals surface area contributed by atoms with Gasteiger partial charge in [0.15, 0.2) is 0 Å². The minimum atomic E-state index is -4.65. The zero-order chi connectivity index (χ0) is 62.4. The number of nitrogens with one attached hydrogen (secondary N) is 2. The normalized spacial score (nSPS) is 22.8. The van der Waals surface area contributed by atoms with Gasteiger partial charge >= 0.3 is 24.5 Å². The highest BCUT2D eigenvalue weighted by molar-refractivity contribution is 5.91. The SMILES string of the molecule is N#CCC1(n2cc(-c3ncnc4[nH]ccc34)cn2)CC(N2CCC(Oc3cc(CN4CCOC4=O)cc(C(F)(F)F)n3)CC2)C1.N#CCC1(n2cc(-c3ncnc4[nH]ccc34)cn2)CC(N2CCC(Oc3cc(CN4CCOC4=O)cc(C(F)(F)F)n3)CC2)C1. The number of nitriles is 2. The predicted octanol–water partition coefficient (Wildman–Crippen LogP) is 9.00. The second-order valence-electron chi connectivity index (χ2n) is 23.7. The molecule has 6 aliphatic rings. The standard InChI is InChI=1S/2C30H30F3N9O3/c2*31-30(32,33)24-11-19(16-41-9-10-44-28(41)43)12-25(39-24)45-22-2-7-40(8-3-22)21-13-29(14-21,4-5-34)42-17-20(15-38-42)26-23-1-6-35-27(23)37-18-36-26/h2*1,6,11-12,15,17-18,21-22H,2-4,7-10,13-14,16H2,(H,35,36,37). The first-order chi connectivity index (χ1) is 43.4. The molecule has 8 aromatic heterocycles. The fraction of sp³-hybridized carbons (Fsp3) is 0.467. The number of halogens is 6. The quantitative estimate of drug-likeness (QED) is 0.0854. The van der Waals surface area contributed by atoms with Gasteiger partial charge in [0.2, 0.25) is 11.8 Å². The van der Waals surface area contributed by atoms with Crippen LogP contribution in [-0.4, -0.2) is 168 Å². The van der Waals surface area contributed by atoms with Crippen LogP contribution in [0.15, 0.2) is 86.2 Å². The van der Waals surface area contributed by atoms with Gasteiger partial charge in [0.05, 0.1) is 72.9 Å². The van der Waals surface area contributed by atoms with Crippen molar-refractivity contribution in [1.82, 2.24) is 79.0 Å². The van der Waals surface area contributed by atoms with Crippen LogP contribution < -0.4 is 9.47 Å². The van der Waals surface area contributed by atoms with Crippen molar-refractivity contribution in [1.29, 1.82) is 10.5 Å². The number of likely N-dealkylation sites (tertiary alicyclic amines) is 2. The van der Waals surface area contributed by atoms with E-state index >= 15 is 0 Å². The van der Waals surface area contributed by atoms with Gasteiger partial charge in [0.25, 0.3) is 0 Å². The topological polar surface area (TPSA) is 276 Å². The van der Waals surface area contributed by atoms with Crippen molar-refractivity contribution in [3.8, 4) is 46.4 Å². The number of amides is 2. The minimum Gasteiger partial charge on any atom is -0.474 e. The van der Waals surface area contributed by atoms with Crippen LogP contribution in [-0.2, 0) is 46.0 Å². The first-order valence-corrected chi connectivity index (χ1v) is 29.6. The predicted molar refractivity (Wildman–Crippen MR) is 305 cm³/mol. The number of nitrogens with zero attached hydrogens (tertiary/aromatic N) is 16. The number of aromatic amines is 2. The van der Waals surface area contributed by atoms with E-state index in [1.54, 1.807) is 12.4 Å². The maximum atomic E-state index is 13.6. The number of aromatic nitrogens is 12. The van der Waals surface area contributed by atoms with E-state index in [0.29, 0.717) is 77.8 Å². The van der Waals surface area contributed by atoms with Crippen LogP contribution >= 0.6 is 0 Å². The zero-order valence-electron chi connectivity index (χ0n) is 48.4. The Kier molecular flexibility index (Phi) is 16.0. The van der Waals surface area contributed by atoms with Crippen LogP contribution in [0.1, 0.15) is 86.7 Å². The van der Waals surface area contributed by atoms with Crippen LogP contribution in [0.3, 0.4) is 0 Å². The smallest absolute Gasteiger partial charge is 0.433 e. The summed E-state index contributed by atoms with van der Waals surface area (Å²) in [6.07, 6.45) is 9.28. The molecule has 14 rings (SSSR count). The van der Waals surface area contributed by atoms with Crippen molar-refractivity contribution in [3.63, 3.8) is 0 Å². The average molecular weight is 1240 g/mol. The molecule has 0 radical (unpaired) electrons. The van der Waals surface area contributed by atoms with E-state index in [-0.39, 0.29) is 73.5 Å². The number of fused-ring (bicyclic) bond motifs is 2. The lowest BCUT2D eigenvalue weighted by Gasteiger charge is -2.52. The molecule has 0 unspecified atom stereocenters. The number of piperidine rings is 2. The Hall–Kier alpha value is -9.42. The van der Waals surface area contributed by atoms with Gasteiger partial charge in [-0.25, -0.2) is 39.5 Å². The first-order valence-electron chi connectivity index (χ1n) is 29.6. The molecule has 24 nitrogen and oxygen atoms in total. The van der Waals surface area contributed by atoms with E-state index in [9.17, 15) is 46.5 Å². The number of hydrogen-bond donors (Lipinski definition) is 2. The lowest BCUT2D eigenvalue weighted by atomic mass is 9.69. The molecule has 468 valence electrons. The summed E-state index contributed by atoms with van der Waals surface area (Å²) in [7, 11) is 0. The first kappa shape index (κ1) is 59.5. The van der Waals surface area contributed by atoms with E-state index in [1.165, 1.54) is 34.6 Å². The van der Waals surface area contributed by atoms with Crippen LogP contribution in [0.2, 0.25) is 0 Å². The summed E-state index contributed by atoms with van der Waals surface area (Å²) in [5.41, 5.74) is 2.37. The molecule has 2 N–H and O–H groups in total. The van der Waals surface area contributed by atoms with Gasteiger partial charge in [-0.05, 0) is 86.8 Å². The second kappa shape index (κ2) is 24.2. The molecular formula is C60H60F6N18O6. The van der Waals surface area contributed by atoms with E-state index in [1.807, 2.05) is 46.3 Å². The van der Waals surface area contributed by atoms with Crippen molar-refractivity contribution in [2.45, 2.75) is 125 Å². The summed E-state index contributed by atoms with van der Waals surface area (Å²) in [5, 5.41) is 30.4. The Balaban J connectivity index is 0.000000165. The number of carbonyl (C=O) groups excluding carboxylic acids is 2. The van der Waals surface area contributed by atoms with E-state index in [2.05, 4.69) is 72.0 Å². The number of cyclic esters (lactones) is 2. The van der Waals surface area contributed by atoms with Gasteiger partial charge in [-0.3, -0.25) is 19.2 Å². The molecule has 4 saturated heterocycles. The van der Waals surface area contributed by atoms with Crippen molar-refractivity contribution in [2.24, 2.45) is 0 Å². The highest BCUT2D eigenvalue weighted by Crippen LogP contribution is 2.48. The van der Waals surface area contributed by atoms with Gasteiger partial charge < -0.3 is 38.7 Å². The Morgan fingerprint density at radius 2 is 1.00 bits per heavy atom. The molecule has 12 heterocycles. The van der Waals surface area contributed by atoms with Crippen LogP contribution in [0, 0.1) is 22.7 Å². The summed E-state index contributed by atoms with van der Waals surface area (Å²) < 4.78 is 107. The number of rotatable bonds is 16. The average Bonchev–Trinajstić information content (AvgIpc) is 1.49. The van der Waals surface area contributed by atoms with E-state index in [0.717, 1.165) is 82.4 Å². The number of alkyl halides is 6. The molecule has 30 heteroatoms. The number of pyridine rings is 2. The summed E-state index contributed by atoms with van der Waals surface area (Å²) >= 11 is 0. The second-order valence-corrected chi connectivity index (χ2v) is 23.7. The summed E-state index contributed by atoms with van der Waals surface area (Å²) in [6.45, 7) is 3.85. The number of H-pyrrole nitrogens is 2. The van der Waals surface area contributed by atoms with Crippen molar-refractivity contribution in [2.75, 3.05) is 52.5 Å². The lowest BCUT2D eigenvalue weighted by molar-refractivity contribution is -0.142. The summed E-state index contributed by atoms with van der Waals surface area (Å²) in [5.74, 6) is -0.199. The third-order valence-electron chi connectivity index (χ3n) is 18.0. The molecule has 0 bridgehead atoms. The summed E-state index contributed by atoms with van der Waals surface area (Å²) in [4.78, 5) is 62.2. The molecule has 2 aliphatic carbocycles. The van der Waals surface area contributed by atoms with Gasteiger partial charge in [0, 0.05) is 110 Å². The van der Waals surface area contributed by atoms with Crippen LogP contribution in [0.25, 0.3) is 44.6 Å². The molecule has 90 heavy (non-hydrogen) atoms.